The largest absolute Gasteiger partial charge is 0.480 e. The molecule has 15 nitrogen and oxygen atoms in total. The zero-order valence-electron chi connectivity index (χ0n) is 21.1. The van der Waals surface area contributed by atoms with E-state index in [0.717, 1.165) is 5.56 Å². The SMILES string of the molecule is NC(N)=NCCC[C@H](NC(=O)CNC(=O)[C@H](CCCN=C(N)N)NC(=O)[C@@H](N)Cc1ccccc1)C(=O)O. The lowest BCUT2D eigenvalue weighted by Gasteiger charge is -2.21. The molecule has 0 radical (unpaired) electrons. The molecular formula is C23H38N10O5. The summed E-state index contributed by atoms with van der Waals surface area (Å²) in [6.45, 7) is -0.0854. The molecule has 0 aliphatic heterocycles. The average molecular weight is 535 g/mol. The molecule has 15 heteroatoms. The molecule has 0 saturated carbocycles. The Balaban J connectivity index is 2.71. The molecule has 0 saturated heterocycles. The quantitative estimate of drug-likeness (QED) is 0.0549. The number of nitrogens with zero attached hydrogens (tertiary/aromatic N) is 2. The highest BCUT2D eigenvalue weighted by molar-refractivity contribution is 5.92. The van der Waals surface area contributed by atoms with Gasteiger partial charge in [0.05, 0.1) is 12.6 Å². The number of hydrogen-bond acceptors (Lipinski definition) is 7. The predicted molar refractivity (Wildman–Crippen MR) is 142 cm³/mol. The van der Waals surface area contributed by atoms with Crippen molar-refractivity contribution < 1.29 is 24.3 Å². The molecule has 0 heterocycles. The van der Waals surface area contributed by atoms with E-state index in [1.165, 1.54) is 0 Å². The first-order valence-corrected chi connectivity index (χ1v) is 12.0. The summed E-state index contributed by atoms with van der Waals surface area (Å²) in [7, 11) is 0. The fraction of sp³-hybridized carbons (Fsp3) is 0.478. The normalized spacial score (nSPS) is 12.8. The lowest BCUT2D eigenvalue weighted by Crippen LogP contribution is -2.53. The van der Waals surface area contributed by atoms with Crippen LogP contribution in [0.4, 0.5) is 0 Å². The number of nitrogens with two attached hydrogens (primary N) is 5. The molecule has 210 valence electrons. The van der Waals surface area contributed by atoms with Crippen LogP contribution in [0, 0.1) is 0 Å². The number of carboxylic acid groups (broad SMARTS) is 1. The summed E-state index contributed by atoms with van der Waals surface area (Å²) in [4.78, 5) is 56.8. The minimum atomic E-state index is -1.24. The van der Waals surface area contributed by atoms with Gasteiger partial charge in [-0.3, -0.25) is 24.4 Å². The Bertz CT molecular complexity index is 978. The summed E-state index contributed by atoms with van der Waals surface area (Å²) in [5, 5.41) is 16.7. The van der Waals surface area contributed by atoms with E-state index in [1.54, 1.807) is 0 Å². The van der Waals surface area contributed by atoms with E-state index in [9.17, 15) is 24.3 Å². The number of aliphatic imine (C=N–C) groups is 2. The zero-order valence-corrected chi connectivity index (χ0v) is 21.1. The fourth-order valence-electron chi connectivity index (χ4n) is 3.31. The smallest absolute Gasteiger partial charge is 0.326 e. The molecule has 3 amide bonds. The first kappa shape index (κ1) is 31.6. The van der Waals surface area contributed by atoms with E-state index in [2.05, 4.69) is 25.9 Å². The third kappa shape index (κ3) is 13.6. The summed E-state index contributed by atoms with van der Waals surface area (Å²) >= 11 is 0. The number of benzene rings is 1. The maximum Gasteiger partial charge on any atom is 0.326 e. The predicted octanol–water partition coefficient (Wildman–Crippen LogP) is -3.17. The van der Waals surface area contributed by atoms with Crippen molar-refractivity contribution in [1.82, 2.24) is 16.0 Å². The van der Waals surface area contributed by atoms with E-state index in [4.69, 9.17) is 28.7 Å². The van der Waals surface area contributed by atoms with Crippen molar-refractivity contribution in [3.05, 3.63) is 35.9 Å². The lowest BCUT2D eigenvalue weighted by atomic mass is 10.0. The van der Waals surface area contributed by atoms with Gasteiger partial charge in [-0.05, 0) is 37.7 Å². The molecule has 1 aromatic carbocycles. The van der Waals surface area contributed by atoms with Gasteiger partial charge in [0.15, 0.2) is 11.9 Å². The van der Waals surface area contributed by atoms with Gasteiger partial charge in [0.2, 0.25) is 17.7 Å². The number of guanidine groups is 2. The van der Waals surface area contributed by atoms with Gasteiger partial charge in [-0.25, -0.2) is 4.79 Å². The van der Waals surface area contributed by atoms with Gasteiger partial charge in [0.1, 0.15) is 12.1 Å². The van der Waals surface area contributed by atoms with Crippen molar-refractivity contribution in [2.45, 2.75) is 50.2 Å². The summed E-state index contributed by atoms with van der Waals surface area (Å²) in [6.07, 6.45) is 1.17. The second-order valence-electron chi connectivity index (χ2n) is 8.43. The Morgan fingerprint density at radius 1 is 0.816 bits per heavy atom. The standard InChI is InChI=1S/C23H38N10O5/c24-15(12-14-6-2-1-3-7-14)19(35)33-16(8-4-10-29-22(25)26)20(36)31-13-18(34)32-17(21(37)38)9-5-11-30-23(27)28/h1-3,6-7,15-17H,4-5,8-13,24H2,(H,31,36)(H,32,34)(H,33,35)(H,37,38)(H4,25,26,29)(H4,27,28,30)/t15-,16-,17-/m0/s1. The Morgan fingerprint density at radius 3 is 1.89 bits per heavy atom. The van der Waals surface area contributed by atoms with E-state index in [-0.39, 0.29) is 44.3 Å². The van der Waals surface area contributed by atoms with Crippen molar-refractivity contribution in [3.8, 4) is 0 Å². The second-order valence-corrected chi connectivity index (χ2v) is 8.43. The molecule has 0 fully saturated rings. The maximum atomic E-state index is 12.8. The number of rotatable bonds is 17. The minimum Gasteiger partial charge on any atom is -0.480 e. The number of aliphatic carboxylic acids is 1. The number of carbonyl (C=O) groups excluding carboxylic acids is 3. The van der Waals surface area contributed by atoms with E-state index < -0.39 is 48.4 Å². The van der Waals surface area contributed by atoms with Crippen LogP contribution in [0.5, 0.6) is 0 Å². The van der Waals surface area contributed by atoms with E-state index in [1.807, 2.05) is 30.3 Å². The van der Waals surface area contributed by atoms with Crippen LogP contribution in [0.1, 0.15) is 31.2 Å². The molecule has 0 aliphatic rings. The van der Waals surface area contributed by atoms with Gasteiger partial charge in [0.25, 0.3) is 0 Å². The van der Waals surface area contributed by atoms with Crippen LogP contribution in [-0.2, 0) is 25.6 Å². The Hall–Kier alpha value is -4.40. The highest BCUT2D eigenvalue weighted by Crippen LogP contribution is 2.04. The number of carbonyl (C=O) groups is 4. The Kier molecular flexibility index (Phi) is 14.3. The molecule has 38 heavy (non-hydrogen) atoms. The van der Waals surface area contributed by atoms with Crippen LogP contribution in [0.15, 0.2) is 40.3 Å². The van der Waals surface area contributed by atoms with Gasteiger partial charge in [-0.2, -0.15) is 0 Å². The van der Waals surface area contributed by atoms with E-state index in [0.29, 0.717) is 12.8 Å². The summed E-state index contributed by atoms with van der Waals surface area (Å²) < 4.78 is 0. The van der Waals surface area contributed by atoms with Crippen LogP contribution in [0.25, 0.3) is 0 Å². The molecule has 1 aromatic rings. The van der Waals surface area contributed by atoms with Crippen LogP contribution in [-0.4, -0.2) is 78.5 Å². The fourth-order valence-corrected chi connectivity index (χ4v) is 3.31. The zero-order chi connectivity index (χ0) is 28.5. The van der Waals surface area contributed by atoms with Crippen molar-refractivity contribution >= 4 is 35.6 Å². The van der Waals surface area contributed by atoms with Crippen LogP contribution in [0.3, 0.4) is 0 Å². The number of amides is 3. The van der Waals surface area contributed by atoms with Crippen LogP contribution < -0.4 is 44.6 Å². The third-order valence-corrected chi connectivity index (χ3v) is 5.22. The lowest BCUT2D eigenvalue weighted by molar-refractivity contribution is -0.142. The first-order chi connectivity index (χ1) is 18.0. The summed E-state index contributed by atoms with van der Waals surface area (Å²) in [5.41, 5.74) is 28.0. The average Bonchev–Trinajstić information content (AvgIpc) is 2.86. The second kappa shape index (κ2) is 17.1. The summed E-state index contributed by atoms with van der Waals surface area (Å²) in [5.74, 6) is -3.39. The van der Waals surface area contributed by atoms with Crippen molar-refractivity contribution in [1.29, 1.82) is 0 Å². The molecule has 14 N–H and O–H groups in total. The third-order valence-electron chi connectivity index (χ3n) is 5.22. The van der Waals surface area contributed by atoms with Crippen molar-refractivity contribution in [3.63, 3.8) is 0 Å². The molecular weight excluding hydrogens is 496 g/mol. The number of nitrogens with one attached hydrogen (secondary N) is 3. The molecule has 3 atom stereocenters. The highest BCUT2D eigenvalue weighted by atomic mass is 16.4. The van der Waals surface area contributed by atoms with Crippen molar-refractivity contribution in [2.75, 3.05) is 19.6 Å². The first-order valence-electron chi connectivity index (χ1n) is 12.0. The molecule has 0 aliphatic carbocycles. The van der Waals surface area contributed by atoms with E-state index >= 15 is 0 Å². The minimum absolute atomic E-state index is 0.0780. The van der Waals surface area contributed by atoms with Crippen LogP contribution >= 0.6 is 0 Å². The number of hydrogen-bond donors (Lipinski definition) is 9. The van der Waals surface area contributed by atoms with Gasteiger partial charge in [0, 0.05) is 13.1 Å². The molecule has 1 rings (SSSR count). The highest BCUT2D eigenvalue weighted by Gasteiger charge is 2.25. The maximum absolute atomic E-state index is 12.8. The van der Waals surface area contributed by atoms with Crippen molar-refractivity contribution in [2.24, 2.45) is 38.7 Å². The van der Waals surface area contributed by atoms with Gasteiger partial charge in [-0.1, -0.05) is 30.3 Å². The Labute approximate surface area is 220 Å². The van der Waals surface area contributed by atoms with Gasteiger partial charge < -0.3 is 49.7 Å². The Morgan fingerprint density at radius 2 is 1.37 bits per heavy atom. The van der Waals surface area contributed by atoms with Gasteiger partial charge >= 0.3 is 5.97 Å². The number of carboxylic acids is 1. The van der Waals surface area contributed by atoms with Gasteiger partial charge in [-0.15, -0.1) is 0 Å². The molecule has 0 unspecified atom stereocenters. The molecule has 0 bridgehead atoms. The molecule has 0 spiro atoms. The molecule has 0 aromatic heterocycles. The topological polar surface area (TPSA) is 279 Å². The summed E-state index contributed by atoms with van der Waals surface area (Å²) in [6, 6.07) is 6.01. The van der Waals surface area contributed by atoms with Crippen LogP contribution in [0.2, 0.25) is 0 Å². The monoisotopic (exact) mass is 534 g/mol.